The van der Waals surface area contributed by atoms with Crippen LogP contribution in [0.25, 0.3) is 0 Å². The topological polar surface area (TPSA) is 101 Å². The molecule has 1 aliphatic heterocycles. The summed E-state index contributed by atoms with van der Waals surface area (Å²) in [4.78, 5) is 0. The molecule has 0 unspecified atom stereocenters. The average molecular weight is 362 g/mol. The van der Waals surface area contributed by atoms with Gasteiger partial charge in [0.25, 0.3) is 10.0 Å². The minimum absolute atomic E-state index is 0.125. The van der Waals surface area contributed by atoms with Crippen molar-refractivity contribution in [1.82, 2.24) is 18.8 Å². The van der Waals surface area contributed by atoms with Crippen molar-refractivity contribution in [3.63, 3.8) is 0 Å². The van der Waals surface area contributed by atoms with Crippen LogP contribution in [-0.2, 0) is 27.1 Å². The smallest absolute Gasteiger partial charge is 0.256 e. The van der Waals surface area contributed by atoms with Gasteiger partial charge in [-0.25, -0.2) is 25.9 Å². The van der Waals surface area contributed by atoms with Gasteiger partial charge in [0, 0.05) is 31.7 Å². The Morgan fingerprint density at radius 2 is 1.91 bits per heavy atom. The van der Waals surface area contributed by atoms with E-state index >= 15 is 0 Å². The summed E-state index contributed by atoms with van der Waals surface area (Å²) < 4.78 is 55.2. The highest BCUT2D eigenvalue weighted by atomic mass is 32.2. The Balaban J connectivity index is 1.75. The van der Waals surface area contributed by atoms with Crippen molar-refractivity contribution in [1.29, 1.82) is 0 Å². The SMILES string of the molecule is Cc1cnn(C)c1S(=O)(=O)N[C@@H]1CCCN(S(=O)(=O)C2CC2)C1. The molecule has 2 aliphatic rings. The number of piperidine rings is 1. The quantitative estimate of drug-likeness (QED) is 0.792. The van der Waals surface area contributed by atoms with Crippen molar-refractivity contribution in [3.05, 3.63) is 11.8 Å². The first-order valence-electron chi connectivity index (χ1n) is 7.72. The Hall–Kier alpha value is -0.970. The Morgan fingerprint density at radius 1 is 1.22 bits per heavy atom. The molecule has 1 aliphatic carbocycles. The molecule has 1 atom stereocenters. The van der Waals surface area contributed by atoms with E-state index in [2.05, 4.69) is 9.82 Å². The first-order chi connectivity index (χ1) is 10.7. The molecular formula is C13H22N4O4S2. The fraction of sp³-hybridized carbons (Fsp3) is 0.769. The fourth-order valence-electron chi connectivity index (χ4n) is 3.04. The third kappa shape index (κ3) is 3.30. The number of rotatable bonds is 5. The average Bonchev–Trinajstić information content (AvgIpc) is 3.25. The van der Waals surface area contributed by atoms with Gasteiger partial charge in [-0.1, -0.05) is 0 Å². The van der Waals surface area contributed by atoms with Crippen molar-refractivity contribution in [2.24, 2.45) is 7.05 Å². The first kappa shape index (κ1) is 16.9. The molecule has 0 radical (unpaired) electrons. The van der Waals surface area contributed by atoms with E-state index < -0.39 is 26.1 Å². The lowest BCUT2D eigenvalue weighted by molar-refractivity contribution is 0.302. The Morgan fingerprint density at radius 3 is 2.48 bits per heavy atom. The van der Waals surface area contributed by atoms with E-state index in [1.54, 1.807) is 14.0 Å². The normalized spacial score (nSPS) is 24.0. The molecule has 0 amide bonds. The summed E-state index contributed by atoms with van der Waals surface area (Å²) >= 11 is 0. The van der Waals surface area contributed by atoms with Crippen molar-refractivity contribution in [3.8, 4) is 0 Å². The van der Waals surface area contributed by atoms with Gasteiger partial charge < -0.3 is 0 Å². The number of hydrogen-bond acceptors (Lipinski definition) is 5. The van der Waals surface area contributed by atoms with Gasteiger partial charge >= 0.3 is 0 Å². The summed E-state index contributed by atoms with van der Waals surface area (Å²) in [5.41, 5.74) is 0.568. The summed E-state index contributed by atoms with van der Waals surface area (Å²) in [6.45, 7) is 2.36. The van der Waals surface area contributed by atoms with Crippen LogP contribution in [0.2, 0.25) is 0 Å². The largest absolute Gasteiger partial charge is 0.258 e. The maximum atomic E-state index is 12.6. The maximum absolute atomic E-state index is 12.6. The van der Waals surface area contributed by atoms with Crippen LogP contribution in [0.1, 0.15) is 31.2 Å². The predicted molar refractivity (Wildman–Crippen MR) is 84.8 cm³/mol. The summed E-state index contributed by atoms with van der Waals surface area (Å²) in [6.07, 6.45) is 4.21. The number of aryl methyl sites for hydroxylation is 2. The van der Waals surface area contributed by atoms with Crippen molar-refractivity contribution in [2.75, 3.05) is 13.1 Å². The van der Waals surface area contributed by atoms with Crippen LogP contribution < -0.4 is 4.72 Å². The third-order valence-corrected chi connectivity index (χ3v) is 8.43. The fourth-order valence-corrected chi connectivity index (χ4v) is 6.58. The molecule has 130 valence electrons. The van der Waals surface area contributed by atoms with E-state index in [0.717, 1.165) is 0 Å². The van der Waals surface area contributed by atoms with Crippen LogP contribution in [0.4, 0.5) is 0 Å². The lowest BCUT2D eigenvalue weighted by Gasteiger charge is -2.32. The monoisotopic (exact) mass is 362 g/mol. The summed E-state index contributed by atoms with van der Waals surface area (Å²) in [7, 11) is -5.41. The Bertz CT molecular complexity index is 776. The van der Waals surface area contributed by atoms with E-state index in [1.807, 2.05) is 0 Å². The highest BCUT2D eigenvalue weighted by Crippen LogP contribution is 2.32. The van der Waals surface area contributed by atoms with Gasteiger partial charge in [-0.2, -0.15) is 5.10 Å². The summed E-state index contributed by atoms with van der Waals surface area (Å²) in [5.74, 6) is 0. The van der Waals surface area contributed by atoms with Gasteiger partial charge in [0.1, 0.15) is 0 Å². The van der Waals surface area contributed by atoms with Gasteiger partial charge in [0.05, 0.1) is 11.4 Å². The van der Waals surface area contributed by atoms with Gasteiger partial charge in [0.15, 0.2) is 5.03 Å². The summed E-state index contributed by atoms with van der Waals surface area (Å²) in [6, 6.07) is -0.406. The number of nitrogens with zero attached hydrogens (tertiary/aromatic N) is 3. The molecule has 8 nitrogen and oxygen atoms in total. The predicted octanol–water partition coefficient (Wildman–Crippen LogP) is -0.0366. The second kappa shape index (κ2) is 5.83. The van der Waals surface area contributed by atoms with Gasteiger partial charge in [0.2, 0.25) is 10.0 Å². The van der Waals surface area contributed by atoms with Gasteiger partial charge in [-0.15, -0.1) is 0 Å². The lowest BCUT2D eigenvalue weighted by atomic mass is 10.1. The van der Waals surface area contributed by atoms with Crippen LogP contribution in [0, 0.1) is 6.92 Å². The van der Waals surface area contributed by atoms with E-state index in [1.165, 1.54) is 15.2 Å². The van der Waals surface area contributed by atoms with Crippen LogP contribution in [0.3, 0.4) is 0 Å². The van der Waals surface area contributed by atoms with Crippen LogP contribution in [0.5, 0.6) is 0 Å². The van der Waals surface area contributed by atoms with E-state index in [-0.39, 0.29) is 16.8 Å². The van der Waals surface area contributed by atoms with Gasteiger partial charge in [-0.3, -0.25) is 4.68 Å². The van der Waals surface area contributed by atoms with Crippen LogP contribution in [-0.4, -0.2) is 55.3 Å². The lowest BCUT2D eigenvalue weighted by Crippen LogP contribution is -2.50. The molecule has 1 saturated carbocycles. The zero-order chi connectivity index (χ0) is 16.8. The minimum atomic E-state index is -3.72. The summed E-state index contributed by atoms with van der Waals surface area (Å²) in [5, 5.41) is 3.81. The zero-order valence-corrected chi connectivity index (χ0v) is 14.9. The standard InChI is InChI=1S/C13H22N4O4S2/c1-10-8-14-16(2)13(10)22(18,19)15-11-4-3-7-17(9-11)23(20,21)12-5-6-12/h8,11-12,15H,3-7,9H2,1-2H3/t11-/m1/s1. The second-order valence-electron chi connectivity index (χ2n) is 6.32. The number of nitrogens with one attached hydrogen (secondary N) is 1. The number of hydrogen-bond donors (Lipinski definition) is 1. The van der Waals surface area contributed by atoms with Crippen molar-refractivity contribution >= 4 is 20.0 Å². The minimum Gasteiger partial charge on any atom is -0.256 e. The number of aromatic nitrogens is 2. The molecule has 0 spiro atoms. The van der Waals surface area contributed by atoms with E-state index in [0.29, 0.717) is 37.8 Å². The van der Waals surface area contributed by atoms with Crippen LogP contribution >= 0.6 is 0 Å². The molecule has 3 rings (SSSR count). The molecule has 0 aromatic carbocycles. The molecular weight excluding hydrogens is 340 g/mol. The third-order valence-electron chi connectivity index (χ3n) is 4.32. The molecule has 10 heteroatoms. The molecule has 1 saturated heterocycles. The van der Waals surface area contributed by atoms with Crippen molar-refractivity contribution < 1.29 is 16.8 Å². The molecule has 2 heterocycles. The molecule has 0 bridgehead atoms. The molecule has 2 fully saturated rings. The Kier molecular flexibility index (Phi) is 4.28. The Labute approximate surface area is 137 Å². The highest BCUT2D eigenvalue weighted by molar-refractivity contribution is 7.90. The zero-order valence-electron chi connectivity index (χ0n) is 13.3. The first-order valence-corrected chi connectivity index (χ1v) is 10.7. The highest BCUT2D eigenvalue weighted by Gasteiger charge is 2.42. The number of sulfonamides is 2. The molecule has 23 heavy (non-hydrogen) atoms. The second-order valence-corrected chi connectivity index (χ2v) is 10.2. The maximum Gasteiger partial charge on any atom is 0.258 e. The van der Waals surface area contributed by atoms with E-state index in [4.69, 9.17) is 0 Å². The van der Waals surface area contributed by atoms with Gasteiger partial charge in [-0.05, 0) is 32.6 Å². The molecule has 1 aromatic heterocycles. The molecule has 1 N–H and O–H groups in total. The van der Waals surface area contributed by atoms with Crippen molar-refractivity contribution in [2.45, 2.75) is 48.9 Å². The molecule has 1 aromatic rings. The van der Waals surface area contributed by atoms with E-state index in [9.17, 15) is 16.8 Å². The van der Waals surface area contributed by atoms with Crippen LogP contribution in [0.15, 0.2) is 11.2 Å².